The van der Waals surface area contributed by atoms with Gasteiger partial charge < -0.3 is 14.4 Å². The van der Waals surface area contributed by atoms with E-state index in [2.05, 4.69) is 9.97 Å². The zero-order valence-electron chi connectivity index (χ0n) is 15.5. The molecule has 0 N–H and O–H groups in total. The lowest BCUT2D eigenvalue weighted by Gasteiger charge is -2.34. The van der Waals surface area contributed by atoms with Crippen LogP contribution < -0.4 is 4.74 Å². The van der Waals surface area contributed by atoms with Gasteiger partial charge in [-0.05, 0) is 65.9 Å². The van der Waals surface area contributed by atoms with Crippen molar-refractivity contribution in [3.05, 3.63) is 17.5 Å². The summed E-state index contributed by atoms with van der Waals surface area (Å²) in [5, 5.41) is 0. The average molecular weight is 335 g/mol. The summed E-state index contributed by atoms with van der Waals surface area (Å²) in [7, 11) is 0. The number of hydrogen-bond acceptors (Lipinski definition) is 5. The Hall–Kier alpha value is -1.85. The van der Waals surface area contributed by atoms with E-state index in [4.69, 9.17) is 9.47 Å². The number of nitrogens with zero attached hydrogens (tertiary/aromatic N) is 3. The minimum absolute atomic E-state index is 0.217. The fraction of sp³-hybridized carbons (Fsp3) is 0.722. The Bertz CT molecular complexity index is 549. The molecule has 134 valence electrons. The number of carbonyl (C=O) groups is 1. The lowest BCUT2D eigenvalue weighted by Crippen LogP contribution is -2.43. The Morgan fingerprint density at radius 2 is 1.96 bits per heavy atom. The van der Waals surface area contributed by atoms with Crippen molar-refractivity contribution in [2.75, 3.05) is 19.7 Å². The van der Waals surface area contributed by atoms with E-state index < -0.39 is 5.60 Å². The van der Waals surface area contributed by atoms with Crippen molar-refractivity contribution in [2.45, 2.75) is 59.5 Å². The molecule has 0 aliphatic carbocycles. The van der Waals surface area contributed by atoms with Gasteiger partial charge in [0, 0.05) is 24.5 Å². The van der Waals surface area contributed by atoms with Crippen molar-refractivity contribution in [1.82, 2.24) is 14.9 Å². The maximum Gasteiger partial charge on any atom is 0.410 e. The van der Waals surface area contributed by atoms with E-state index in [0.29, 0.717) is 18.5 Å². The first-order valence-electron chi connectivity index (χ1n) is 8.66. The molecule has 0 unspecified atom stereocenters. The number of aryl methyl sites for hydroxylation is 2. The Morgan fingerprint density at radius 1 is 1.29 bits per heavy atom. The molecule has 1 aromatic rings. The molecule has 2 rings (SSSR count). The van der Waals surface area contributed by atoms with Crippen molar-refractivity contribution in [3.63, 3.8) is 0 Å². The van der Waals surface area contributed by atoms with Gasteiger partial charge in [-0.3, -0.25) is 0 Å². The van der Waals surface area contributed by atoms with Crippen LogP contribution >= 0.6 is 0 Å². The summed E-state index contributed by atoms with van der Waals surface area (Å²) in [5.74, 6) is 0.428. The van der Waals surface area contributed by atoms with E-state index in [0.717, 1.165) is 43.7 Å². The molecule has 0 radical (unpaired) electrons. The smallest absolute Gasteiger partial charge is 0.410 e. The number of hydrogen-bond donors (Lipinski definition) is 0. The van der Waals surface area contributed by atoms with Crippen molar-refractivity contribution in [3.8, 4) is 6.01 Å². The number of carbonyl (C=O) groups excluding carboxylic acids is 1. The highest BCUT2D eigenvalue weighted by atomic mass is 16.6. The van der Waals surface area contributed by atoms with Gasteiger partial charge in [-0.15, -0.1) is 0 Å². The van der Waals surface area contributed by atoms with Gasteiger partial charge >= 0.3 is 12.1 Å². The standard InChI is InChI=1S/C18H29N3O3/c1-13-11-14(2)20-16(19-13)23-10-8-15-7-6-9-21(12-15)17(22)24-18(3,4)5/h11,15H,6-10,12H2,1-5H3/t15-/m1/s1. The molecule has 6 nitrogen and oxygen atoms in total. The maximum absolute atomic E-state index is 12.2. The predicted molar refractivity (Wildman–Crippen MR) is 92.1 cm³/mol. The van der Waals surface area contributed by atoms with Crippen LogP contribution in [0.2, 0.25) is 0 Å². The zero-order valence-corrected chi connectivity index (χ0v) is 15.5. The van der Waals surface area contributed by atoms with Gasteiger partial charge in [-0.2, -0.15) is 0 Å². The molecule has 0 aromatic carbocycles. The summed E-state index contributed by atoms with van der Waals surface area (Å²) in [6.07, 6.45) is 2.78. The molecule has 2 heterocycles. The molecule has 0 saturated carbocycles. The molecule has 1 fully saturated rings. The largest absolute Gasteiger partial charge is 0.463 e. The summed E-state index contributed by atoms with van der Waals surface area (Å²) in [6, 6.07) is 2.36. The van der Waals surface area contributed by atoms with Crippen LogP contribution in [-0.2, 0) is 4.74 Å². The zero-order chi connectivity index (χ0) is 17.7. The number of ether oxygens (including phenoxy) is 2. The van der Waals surface area contributed by atoms with E-state index in [-0.39, 0.29) is 6.09 Å². The Morgan fingerprint density at radius 3 is 2.58 bits per heavy atom. The summed E-state index contributed by atoms with van der Waals surface area (Å²) in [5.41, 5.74) is 1.37. The molecule has 1 aromatic heterocycles. The molecule has 6 heteroatoms. The quantitative estimate of drug-likeness (QED) is 0.842. The second-order valence-electron chi connectivity index (χ2n) is 7.51. The first kappa shape index (κ1) is 18.5. The Kier molecular flexibility index (Phi) is 6.02. The Balaban J connectivity index is 1.79. The van der Waals surface area contributed by atoms with Crippen LogP contribution in [0, 0.1) is 19.8 Å². The van der Waals surface area contributed by atoms with Gasteiger partial charge in [0.05, 0.1) is 6.61 Å². The second kappa shape index (κ2) is 7.81. The number of piperidine rings is 1. The third-order valence-corrected chi connectivity index (χ3v) is 3.89. The summed E-state index contributed by atoms with van der Waals surface area (Å²) >= 11 is 0. The number of amides is 1. The van der Waals surface area contributed by atoms with Crippen LogP contribution in [0.3, 0.4) is 0 Å². The minimum Gasteiger partial charge on any atom is -0.463 e. The lowest BCUT2D eigenvalue weighted by atomic mass is 9.95. The van der Waals surface area contributed by atoms with Crippen molar-refractivity contribution in [1.29, 1.82) is 0 Å². The second-order valence-corrected chi connectivity index (χ2v) is 7.51. The molecule has 24 heavy (non-hydrogen) atoms. The molecular weight excluding hydrogens is 306 g/mol. The lowest BCUT2D eigenvalue weighted by molar-refractivity contribution is 0.0154. The van der Waals surface area contributed by atoms with Crippen molar-refractivity contribution < 1.29 is 14.3 Å². The Labute approximate surface area is 144 Å². The highest BCUT2D eigenvalue weighted by Gasteiger charge is 2.27. The van der Waals surface area contributed by atoms with E-state index in [9.17, 15) is 4.79 Å². The molecule has 1 amide bonds. The normalized spacial score (nSPS) is 18.4. The van der Waals surface area contributed by atoms with Crippen LogP contribution in [-0.4, -0.2) is 46.3 Å². The maximum atomic E-state index is 12.2. The van der Waals surface area contributed by atoms with E-state index in [1.807, 2.05) is 45.6 Å². The molecule has 0 bridgehead atoms. The molecule has 1 aliphatic heterocycles. The molecule has 1 saturated heterocycles. The molecule has 1 atom stereocenters. The molecule has 0 spiro atoms. The fourth-order valence-electron chi connectivity index (χ4n) is 2.87. The van der Waals surface area contributed by atoms with E-state index in [1.165, 1.54) is 0 Å². The summed E-state index contributed by atoms with van der Waals surface area (Å²) in [6.45, 7) is 11.6. The number of aromatic nitrogens is 2. The van der Waals surface area contributed by atoms with Gasteiger partial charge in [0.1, 0.15) is 5.60 Å². The highest BCUT2D eigenvalue weighted by molar-refractivity contribution is 5.68. The molecular formula is C18H29N3O3. The monoisotopic (exact) mass is 335 g/mol. The van der Waals surface area contributed by atoms with Crippen LogP contribution in [0.25, 0.3) is 0 Å². The van der Waals surface area contributed by atoms with E-state index in [1.54, 1.807) is 0 Å². The van der Waals surface area contributed by atoms with Crippen LogP contribution in [0.15, 0.2) is 6.07 Å². The van der Waals surface area contributed by atoms with E-state index >= 15 is 0 Å². The van der Waals surface area contributed by atoms with Crippen molar-refractivity contribution in [2.24, 2.45) is 5.92 Å². The predicted octanol–water partition coefficient (Wildman–Crippen LogP) is 3.51. The number of rotatable bonds is 4. The van der Waals surface area contributed by atoms with Crippen molar-refractivity contribution >= 4 is 6.09 Å². The topological polar surface area (TPSA) is 64.5 Å². The molecule has 1 aliphatic rings. The SMILES string of the molecule is Cc1cc(C)nc(OCC[C@H]2CCCN(C(=O)OC(C)(C)C)C2)n1. The third-order valence-electron chi connectivity index (χ3n) is 3.89. The first-order chi connectivity index (χ1) is 11.2. The van der Waals surface area contributed by atoms with Gasteiger partial charge in [0.15, 0.2) is 0 Å². The first-order valence-corrected chi connectivity index (χ1v) is 8.66. The average Bonchev–Trinajstić information content (AvgIpc) is 2.45. The number of likely N-dealkylation sites (tertiary alicyclic amines) is 1. The summed E-state index contributed by atoms with van der Waals surface area (Å²) in [4.78, 5) is 22.6. The van der Waals surface area contributed by atoms with Gasteiger partial charge in [-0.25, -0.2) is 14.8 Å². The van der Waals surface area contributed by atoms with Crippen LogP contribution in [0.4, 0.5) is 4.79 Å². The summed E-state index contributed by atoms with van der Waals surface area (Å²) < 4.78 is 11.2. The van der Waals surface area contributed by atoms with Gasteiger partial charge in [-0.1, -0.05) is 0 Å². The van der Waals surface area contributed by atoms with Gasteiger partial charge in [0.2, 0.25) is 0 Å². The van der Waals surface area contributed by atoms with Crippen LogP contribution in [0.5, 0.6) is 6.01 Å². The van der Waals surface area contributed by atoms with Crippen LogP contribution in [0.1, 0.15) is 51.4 Å². The minimum atomic E-state index is -0.451. The highest BCUT2D eigenvalue weighted by Crippen LogP contribution is 2.22. The third kappa shape index (κ3) is 5.98. The van der Waals surface area contributed by atoms with Gasteiger partial charge in [0.25, 0.3) is 0 Å². The fourth-order valence-corrected chi connectivity index (χ4v) is 2.87.